The van der Waals surface area contributed by atoms with Crippen molar-refractivity contribution in [2.75, 3.05) is 0 Å². The van der Waals surface area contributed by atoms with E-state index in [2.05, 4.69) is 5.43 Å². The quantitative estimate of drug-likeness (QED) is 0.780. The highest BCUT2D eigenvalue weighted by atomic mass is 16.2. The van der Waals surface area contributed by atoms with Gasteiger partial charge in [0, 0.05) is 18.0 Å². The van der Waals surface area contributed by atoms with Crippen molar-refractivity contribution in [1.82, 2.24) is 15.0 Å². The molecule has 5 nitrogen and oxygen atoms in total. The molecule has 0 fully saturated rings. The largest absolute Gasteiger partial charge is 0.323 e. The number of hydrogen-bond donors (Lipinski definition) is 2. The third-order valence-electron chi connectivity index (χ3n) is 4.14. The van der Waals surface area contributed by atoms with E-state index in [1.165, 1.54) is 0 Å². The van der Waals surface area contributed by atoms with Crippen molar-refractivity contribution in [3.63, 3.8) is 0 Å². The number of carbonyl (C=O) groups is 1. The third kappa shape index (κ3) is 2.36. The Bertz CT molecular complexity index is 915. The molecule has 0 saturated carbocycles. The summed E-state index contributed by atoms with van der Waals surface area (Å²) < 4.78 is 1.90. The average molecular weight is 316 g/mol. The van der Waals surface area contributed by atoms with Crippen LogP contribution >= 0.6 is 0 Å². The molecule has 2 heterocycles. The van der Waals surface area contributed by atoms with Crippen LogP contribution in [0.3, 0.4) is 0 Å². The van der Waals surface area contributed by atoms with Crippen LogP contribution in [0.4, 0.5) is 0 Å². The van der Waals surface area contributed by atoms with Crippen LogP contribution in [0.15, 0.2) is 73.1 Å². The number of fused-ring (bicyclic) bond motifs is 1. The van der Waals surface area contributed by atoms with Crippen molar-refractivity contribution in [3.8, 4) is 5.69 Å². The molecule has 1 amide bonds. The second-order valence-corrected chi connectivity index (χ2v) is 5.64. The van der Waals surface area contributed by atoms with Gasteiger partial charge in [0.05, 0.1) is 17.8 Å². The molecule has 24 heavy (non-hydrogen) atoms. The van der Waals surface area contributed by atoms with Gasteiger partial charge in [0.1, 0.15) is 5.84 Å². The highest BCUT2D eigenvalue weighted by molar-refractivity contribution is 6.03. The Morgan fingerprint density at radius 1 is 0.958 bits per heavy atom. The van der Waals surface area contributed by atoms with Crippen molar-refractivity contribution < 1.29 is 4.79 Å². The van der Waals surface area contributed by atoms with Gasteiger partial charge in [0.25, 0.3) is 5.91 Å². The first kappa shape index (κ1) is 14.3. The standard InChI is InChI=1S/C19H16N4O/c20-18-15-8-2-1-7-14(15)13-23(18)21-19(24)16-9-3-4-10-17(16)22-11-5-6-12-22/h1-12,20H,13H2,(H,21,24). The molecule has 2 aromatic carbocycles. The van der Waals surface area contributed by atoms with Gasteiger partial charge < -0.3 is 4.57 Å². The predicted octanol–water partition coefficient (Wildman–Crippen LogP) is 2.96. The summed E-state index contributed by atoms with van der Waals surface area (Å²) in [5.41, 5.74) is 6.13. The number of amides is 1. The van der Waals surface area contributed by atoms with Gasteiger partial charge in [0.2, 0.25) is 0 Å². The maximum Gasteiger partial charge on any atom is 0.271 e. The Morgan fingerprint density at radius 3 is 2.46 bits per heavy atom. The maximum atomic E-state index is 12.8. The van der Waals surface area contributed by atoms with Gasteiger partial charge in [-0.15, -0.1) is 0 Å². The molecule has 1 aliphatic heterocycles. The lowest BCUT2D eigenvalue weighted by molar-refractivity contribution is 0.0869. The van der Waals surface area contributed by atoms with E-state index in [0.717, 1.165) is 16.8 Å². The number of hydrogen-bond acceptors (Lipinski definition) is 2. The number of nitrogens with one attached hydrogen (secondary N) is 2. The van der Waals surface area contributed by atoms with Crippen molar-refractivity contribution in [3.05, 3.63) is 89.7 Å². The summed E-state index contributed by atoms with van der Waals surface area (Å²) in [6.07, 6.45) is 3.81. The van der Waals surface area contributed by atoms with E-state index in [4.69, 9.17) is 5.41 Å². The number of hydrazine groups is 1. The summed E-state index contributed by atoms with van der Waals surface area (Å²) in [5.74, 6) is 0.0919. The van der Waals surface area contributed by atoms with Crippen LogP contribution in [-0.2, 0) is 6.54 Å². The van der Waals surface area contributed by atoms with Gasteiger partial charge in [-0.2, -0.15) is 0 Å². The molecule has 0 unspecified atom stereocenters. The zero-order valence-electron chi connectivity index (χ0n) is 12.9. The topological polar surface area (TPSA) is 61.1 Å². The first-order valence-electron chi connectivity index (χ1n) is 7.72. The Kier molecular flexibility index (Phi) is 3.39. The average Bonchev–Trinajstić information content (AvgIpc) is 3.24. The van der Waals surface area contributed by atoms with Crippen LogP contribution in [0.5, 0.6) is 0 Å². The van der Waals surface area contributed by atoms with E-state index < -0.39 is 0 Å². The van der Waals surface area contributed by atoms with Crippen molar-refractivity contribution in [1.29, 1.82) is 5.41 Å². The minimum Gasteiger partial charge on any atom is -0.323 e. The fourth-order valence-corrected chi connectivity index (χ4v) is 2.95. The Morgan fingerprint density at radius 2 is 1.67 bits per heavy atom. The first-order valence-corrected chi connectivity index (χ1v) is 7.72. The number of benzene rings is 2. The number of rotatable bonds is 3. The maximum absolute atomic E-state index is 12.8. The van der Waals surface area contributed by atoms with Gasteiger partial charge >= 0.3 is 0 Å². The number of nitrogens with zero attached hydrogens (tertiary/aromatic N) is 2. The molecule has 3 aromatic rings. The zero-order valence-corrected chi connectivity index (χ0v) is 12.9. The van der Waals surface area contributed by atoms with Crippen molar-refractivity contribution in [2.24, 2.45) is 0 Å². The van der Waals surface area contributed by atoms with E-state index in [9.17, 15) is 4.79 Å². The summed E-state index contributed by atoms with van der Waals surface area (Å²) in [4.78, 5) is 12.8. The van der Waals surface area contributed by atoms with E-state index in [0.29, 0.717) is 17.9 Å². The molecule has 0 aliphatic carbocycles. The molecule has 2 N–H and O–H groups in total. The van der Waals surface area contributed by atoms with Gasteiger partial charge in [-0.05, 0) is 29.8 Å². The monoisotopic (exact) mass is 316 g/mol. The third-order valence-corrected chi connectivity index (χ3v) is 4.14. The lowest BCUT2D eigenvalue weighted by atomic mass is 10.1. The number of amidine groups is 1. The highest BCUT2D eigenvalue weighted by Crippen LogP contribution is 2.21. The Hall–Kier alpha value is -3.34. The van der Waals surface area contributed by atoms with Crippen LogP contribution in [0.1, 0.15) is 21.5 Å². The first-order chi connectivity index (χ1) is 11.7. The summed E-state index contributed by atoms with van der Waals surface area (Å²) in [5, 5.41) is 9.83. The van der Waals surface area contributed by atoms with Crippen molar-refractivity contribution in [2.45, 2.75) is 6.54 Å². The van der Waals surface area contributed by atoms with E-state index in [1.807, 2.05) is 71.6 Å². The van der Waals surface area contributed by atoms with Crippen LogP contribution in [0, 0.1) is 5.41 Å². The van der Waals surface area contributed by atoms with Crippen LogP contribution in [-0.4, -0.2) is 21.3 Å². The van der Waals surface area contributed by atoms with Gasteiger partial charge in [-0.25, -0.2) is 0 Å². The summed E-state index contributed by atoms with van der Waals surface area (Å²) in [7, 11) is 0. The minimum absolute atomic E-state index is 0.225. The SMILES string of the molecule is N=C1c2ccccc2CN1NC(=O)c1ccccc1-n1cccc1. The van der Waals surface area contributed by atoms with E-state index in [-0.39, 0.29) is 5.91 Å². The molecule has 4 rings (SSSR count). The van der Waals surface area contributed by atoms with Crippen molar-refractivity contribution >= 4 is 11.7 Å². The molecule has 0 spiro atoms. The smallest absolute Gasteiger partial charge is 0.271 e. The minimum atomic E-state index is -0.225. The molecule has 118 valence electrons. The molecular formula is C19H16N4O. The fraction of sp³-hybridized carbons (Fsp3) is 0.0526. The van der Waals surface area contributed by atoms with Crippen LogP contribution < -0.4 is 5.43 Å². The van der Waals surface area contributed by atoms with Gasteiger partial charge in [-0.3, -0.25) is 20.6 Å². The second kappa shape index (κ2) is 5.70. The molecule has 1 aliphatic rings. The Labute approximate surface area is 139 Å². The molecule has 1 aromatic heterocycles. The molecule has 0 saturated heterocycles. The van der Waals surface area contributed by atoms with Gasteiger partial charge in [-0.1, -0.05) is 36.4 Å². The molecule has 0 radical (unpaired) electrons. The predicted molar refractivity (Wildman–Crippen MR) is 92.0 cm³/mol. The zero-order chi connectivity index (χ0) is 16.5. The fourth-order valence-electron chi connectivity index (χ4n) is 2.95. The number of carbonyl (C=O) groups excluding carboxylic acids is 1. The highest BCUT2D eigenvalue weighted by Gasteiger charge is 2.26. The summed E-state index contributed by atoms with van der Waals surface area (Å²) in [6.45, 7) is 0.506. The lowest BCUT2D eigenvalue weighted by Gasteiger charge is -2.20. The van der Waals surface area contributed by atoms with Crippen LogP contribution in [0.25, 0.3) is 5.69 Å². The lowest BCUT2D eigenvalue weighted by Crippen LogP contribution is -2.42. The number of aromatic nitrogens is 1. The molecule has 0 bridgehead atoms. The molecule has 5 heteroatoms. The summed E-state index contributed by atoms with van der Waals surface area (Å²) in [6, 6.07) is 19.0. The van der Waals surface area contributed by atoms with E-state index in [1.54, 1.807) is 11.1 Å². The van der Waals surface area contributed by atoms with Gasteiger partial charge in [0.15, 0.2) is 0 Å². The Balaban J connectivity index is 1.60. The van der Waals surface area contributed by atoms with Crippen LogP contribution in [0.2, 0.25) is 0 Å². The molecular weight excluding hydrogens is 300 g/mol. The summed E-state index contributed by atoms with van der Waals surface area (Å²) >= 11 is 0. The number of para-hydroxylation sites is 1. The molecule has 0 atom stereocenters. The van der Waals surface area contributed by atoms with E-state index >= 15 is 0 Å². The normalized spacial score (nSPS) is 13.0. The second-order valence-electron chi connectivity index (χ2n) is 5.64.